The van der Waals surface area contributed by atoms with Gasteiger partial charge in [-0.15, -0.1) is 0 Å². The molecule has 0 aliphatic carbocycles. The van der Waals surface area contributed by atoms with Crippen molar-refractivity contribution in [3.8, 4) is 0 Å². The van der Waals surface area contributed by atoms with Gasteiger partial charge in [0.1, 0.15) is 0 Å². The van der Waals surface area contributed by atoms with Crippen molar-refractivity contribution in [2.24, 2.45) is 10.8 Å². The minimum Gasteiger partial charge on any atom is -0.350 e. The number of nitrogens with zero attached hydrogens (tertiary/aromatic N) is 1. The molecule has 5 heteroatoms. The van der Waals surface area contributed by atoms with E-state index < -0.39 is 6.03 Å². The standard InChI is InChI=1S/C9H10BrN3O/c1-6(12-13-9(11)14)7-4-2-3-5-8(7)10/h2-5H,1H3,(H3,11,13,14)/b12-6+. The highest BCUT2D eigenvalue weighted by atomic mass is 79.9. The Labute approximate surface area is 90.3 Å². The number of benzene rings is 1. The summed E-state index contributed by atoms with van der Waals surface area (Å²) in [5.74, 6) is 0. The summed E-state index contributed by atoms with van der Waals surface area (Å²) >= 11 is 3.38. The number of hydrazone groups is 1. The van der Waals surface area contributed by atoms with Crippen molar-refractivity contribution in [1.82, 2.24) is 5.43 Å². The maximum absolute atomic E-state index is 10.4. The zero-order valence-electron chi connectivity index (χ0n) is 7.62. The number of hydrogen-bond acceptors (Lipinski definition) is 2. The molecule has 0 aliphatic rings. The molecule has 0 bridgehead atoms. The Morgan fingerprint density at radius 3 is 2.71 bits per heavy atom. The van der Waals surface area contributed by atoms with Crippen molar-refractivity contribution in [3.05, 3.63) is 34.3 Å². The van der Waals surface area contributed by atoms with Crippen LogP contribution in [-0.2, 0) is 0 Å². The van der Waals surface area contributed by atoms with Crippen LogP contribution in [0.2, 0.25) is 0 Å². The maximum Gasteiger partial charge on any atom is 0.332 e. The van der Waals surface area contributed by atoms with E-state index in [9.17, 15) is 4.79 Å². The van der Waals surface area contributed by atoms with Crippen molar-refractivity contribution in [3.63, 3.8) is 0 Å². The van der Waals surface area contributed by atoms with Crippen LogP contribution in [0.3, 0.4) is 0 Å². The molecule has 0 saturated heterocycles. The van der Waals surface area contributed by atoms with Crippen molar-refractivity contribution in [2.45, 2.75) is 6.92 Å². The van der Waals surface area contributed by atoms with Gasteiger partial charge >= 0.3 is 6.03 Å². The molecule has 1 aromatic rings. The second kappa shape index (κ2) is 4.76. The van der Waals surface area contributed by atoms with Gasteiger partial charge < -0.3 is 5.73 Å². The molecule has 0 heterocycles. The monoisotopic (exact) mass is 255 g/mol. The van der Waals surface area contributed by atoms with Gasteiger partial charge in [0.05, 0.1) is 5.71 Å². The molecule has 0 radical (unpaired) electrons. The maximum atomic E-state index is 10.4. The average Bonchev–Trinajstić information content (AvgIpc) is 2.15. The molecular formula is C9H10BrN3O. The molecule has 0 atom stereocenters. The second-order valence-electron chi connectivity index (χ2n) is 2.65. The Morgan fingerprint density at radius 1 is 1.50 bits per heavy atom. The van der Waals surface area contributed by atoms with Crippen LogP contribution in [0.15, 0.2) is 33.8 Å². The molecule has 3 N–H and O–H groups in total. The lowest BCUT2D eigenvalue weighted by molar-refractivity contribution is 0.249. The van der Waals surface area contributed by atoms with Crippen molar-refractivity contribution < 1.29 is 4.79 Å². The summed E-state index contributed by atoms with van der Waals surface area (Å²) in [5, 5.41) is 3.82. The highest BCUT2D eigenvalue weighted by Crippen LogP contribution is 2.16. The van der Waals surface area contributed by atoms with Crippen molar-refractivity contribution >= 4 is 27.7 Å². The highest BCUT2D eigenvalue weighted by molar-refractivity contribution is 9.10. The van der Waals surface area contributed by atoms with Crippen LogP contribution in [0.5, 0.6) is 0 Å². The van der Waals surface area contributed by atoms with Gasteiger partial charge in [0.2, 0.25) is 0 Å². The van der Waals surface area contributed by atoms with Gasteiger partial charge in [-0.2, -0.15) is 5.10 Å². The van der Waals surface area contributed by atoms with E-state index in [1.807, 2.05) is 24.3 Å². The number of nitrogens with one attached hydrogen (secondary N) is 1. The lowest BCUT2D eigenvalue weighted by atomic mass is 10.1. The summed E-state index contributed by atoms with van der Waals surface area (Å²) < 4.78 is 0.924. The number of primary amides is 1. The summed E-state index contributed by atoms with van der Waals surface area (Å²) in [6.07, 6.45) is 0. The molecule has 0 aromatic heterocycles. The third-order valence-corrected chi connectivity index (χ3v) is 2.29. The Hall–Kier alpha value is -1.36. The molecule has 1 aromatic carbocycles. The molecule has 2 amide bonds. The molecule has 0 unspecified atom stereocenters. The largest absolute Gasteiger partial charge is 0.350 e. The fraction of sp³-hybridized carbons (Fsp3) is 0.111. The average molecular weight is 256 g/mol. The fourth-order valence-electron chi connectivity index (χ4n) is 0.954. The zero-order valence-corrected chi connectivity index (χ0v) is 9.21. The van der Waals surface area contributed by atoms with Crippen LogP contribution < -0.4 is 11.2 Å². The molecule has 0 saturated carbocycles. The Morgan fingerprint density at radius 2 is 2.14 bits per heavy atom. The Bertz CT molecular complexity index is 376. The van der Waals surface area contributed by atoms with Crippen molar-refractivity contribution in [2.75, 3.05) is 0 Å². The van der Waals surface area contributed by atoms with E-state index in [1.165, 1.54) is 0 Å². The minimum atomic E-state index is -0.670. The van der Waals surface area contributed by atoms with Gasteiger partial charge in [-0.05, 0) is 13.0 Å². The summed E-state index contributed by atoms with van der Waals surface area (Å²) in [5.41, 5.74) is 8.67. The van der Waals surface area contributed by atoms with Crippen LogP contribution in [0.25, 0.3) is 0 Å². The summed E-state index contributed by atoms with van der Waals surface area (Å²) in [6.45, 7) is 1.79. The zero-order chi connectivity index (χ0) is 10.6. The summed E-state index contributed by atoms with van der Waals surface area (Å²) in [6, 6.07) is 6.92. The normalized spacial score (nSPS) is 11.1. The van der Waals surface area contributed by atoms with E-state index in [4.69, 9.17) is 5.73 Å². The molecular weight excluding hydrogens is 246 g/mol. The minimum absolute atomic E-state index is 0.670. The van der Waals surface area contributed by atoms with Gasteiger partial charge in [0.15, 0.2) is 0 Å². The molecule has 14 heavy (non-hydrogen) atoms. The van der Waals surface area contributed by atoms with E-state index in [2.05, 4.69) is 26.5 Å². The third-order valence-electron chi connectivity index (χ3n) is 1.60. The van der Waals surface area contributed by atoms with E-state index in [1.54, 1.807) is 6.92 Å². The number of rotatable bonds is 2. The first kappa shape index (κ1) is 10.7. The summed E-state index contributed by atoms with van der Waals surface area (Å²) in [4.78, 5) is 10.4. The third kappa shape index (κ3) is 2.85. The summed E-state index contributed by atoms with van der Waals surface area (Å²) in [7, 11) is 0. The molecule has 4 nitrogen and oxygen atoms in total. The number of hydrogen-bond donors (Lipinski definition) is 2. The molecule has 1 rings (SSSR count). The van der Waals surface area contributed by atoms with Crippen LogP contribution in [0.4, 0.5) is 4.79 Å². The number of urea groups is 1. The number of halogens is 1. The highest BCUT2D eigenvalue weighted by Gasteiger charge is 2.01. The van der Waals surface area contributed by atoms with Crippen LogP contribution in [0, 0.1) is 0 Å². The van der Waals surface area contributed by atoms with E-state index in [0.29, 0.717) is 5.71 Å². The molecule has 0 spiro atoms. The number of amides is 2. The second-order valence-corrected chi connectivity index (χ2v) is 3.51. The first-order valence-corrected chi connectivity index (χ1v) is 4.75. The number of carbonyl (C=O) groups excluding carboxylic acids is 1. The van der Waals surface area contributed by atoms with Crippen molar-refractivity contribution in [1.29, 1.82) is 0 Å². The predicted octanol–water partition coefficient (Wildman–Crippen LogP) is 1.84. The van der Waals surface area contributed by atoms with Crippen LogP contribution in [-0.4, -0.2) is 11.7 Å². The first-order chi connectivity index (χ1) is 6.61. The lowest BCUT2D eigenvalue weighted by Crippen LogP contribution is -2.25. The Kier molecular flexibility index (Phi) is 3.64. The van der Waals surface area contributed by atoms with Gasteiger partial charge in [0, 0.05) is 10.0 Å². The van der Waals surface area contributed by atoms with Gasteiger partial charge in [-0.3, -0.25) is 0 Å². The molecule has 0 fully saturated rings. The van der Waals surface area contributed by atoms with Gasteiger partial charge in [-0.1, -0.05) is 34.1 Å². The van der Waals surface area contributed by atoms with E-state index in [0.717, 1.165) is 10.0 Å². The van der Waals surface area contributed by atoms with Gasteiger partial charge in [-0.25, -0.2) is 10.2 Å². The fourth-order valence-corrected chi connectivity index (χ4v) is 1.53. The molecule has 0 aliphatic heterocycles. The quantitative estimate of drug-likeness (QED) is 0.615. The molecule has 74 valence electrons. The van der Waals surface area contributed by atoms with Gasteiger partial charge in [0.25, 0.3) is 0 Å². The van der Waals surface area contributed by atoms with Crippen LogP contribution >= 0.6 is 15.9 Å². The number of carbonyl (C=O) groups is 1. The lowest BCUT2D eigenvalue weighted by Gasteiger charge is -2.02. The predicted molar refractivity (Wildman–Crippen MR) is 59.1 cm³/mol. The Balaban J connectivity index is 2.89. The van der Waals surface area contributed by atoms with E-state index >= 15 is 0 Å². The first-order valence-electron chi connectivity index (χ1n) is 3.96. The number of nitrogens with two attached hydrogens (primary N) is 1. The topological polar surface area (TPSA) is 67.5 Å². The van der Waals surface area contributed by atoms with E-state index in [-0.39, 0.29) is 0 Å². The SMILES string of the molecule is C/C(=N\NC(N)=O)c1ccccc1Br. The van der Waals surface area contributed by atoms with Crippen LogP contribution in [0.1, 0.15) is 12.5 Å². The smallest absolute Gasteiger partial charge is 0.332 e.